The summed E-state index contributed by atoms with van der Waals surface area (Å²) in [7, 11) is 8.39. The predicted molar refractivity (Wildman–Crippen MR) is 310 cm³/mol. The van der Waals surface area contributed by atoms with Crippen LogP contribution in [0.2, 0.25) is 0 Å². The minimum absolute atomic E-state index is 0.319. The van der Waals surface area contributed by atoms with Crippen molar-refractivity contribution in [2.45, 2.75) is 0 Å². The fourth-order valence-corrected chi connectivity index (χ4v) is 10.6. The normalized spacial score (nSPS) is 12.1. The molecule has 0 unspecified atom stereocenters. The number of aliphatic imine (C=N–C) groups is 2. The van der Waals surface area contributed by atoms with Crippen LogP contribution in [-0.4, -0.2) is 55.3 Å². The third kappa shape index (κ3) is 7.40. The predicted octanol–water partition coefficient (Wildman–Crippen LogP) is 8.39. The van der Waals surface area contributed by atoms with Crippen molar-refractivity contribution in [3.05, 3.63) is 212 Å². The Labute approximate surface area is 413 Å². The first-order valence-electron chi connectivity index (χ1n) is 22.9. The van der Waals surface area contributed by atoms with Crippen molar-refractivity contribution in [1.29, 1.82) is 0 Å². The van der Waals surface area contributed by atoms with Crippen molar-refractivity contribution < 1.29 is 5.11 Å². The lowest BCUT2D eigenvalue weighted by molar-refractivity contribution is 0.482. The van der Waals surface area contributed by atoms with E-state index >= 15 is 0 Å². The summed E-state index contributed by atoms with van der Waals surface area (Å²) in [5, 5.41) is 16.5. The molecule has 2 aromatic heterocycles. The number of halogens is 1. The number of hydrogen-bond acceptors (Lipinski definition) is 2. The van der Waals surface area contributed by atoms with Gasteiger partial charge in [-0.2, -0.15) is 0 Å². The van der Waals surface area contributed by atoms with E-state index in [0.29, 0.717) is 17.3 Å². The molecular weight excluding hydrogens is 939 g/mol. The molecule has 0 fully saturated rings. The third-order valence-corrected chi connectivity index (χ3v) is 14.4. The summed E-state index contributed by atoms with van der Waals surface area (Å²) in [4.78, 5) is 10.7. The average Bonchev–Trinajstić information content (AvgIpc) is 3.91. The zero-order chi connectivity index (χ0) is 46.6. The van der Waals surface area contributed by atoms with Crippen LogP contribution in [-0.2, 0) is 0 Å². The van der Waals surface area contributed by atoms with Crippen LogP contribution in [0.1, 0.15) is 11.1 Å². The van der Waals surface area contributed by atoms with E-state index in [-0.39, 0.29) is 0 Å². The van der Waals surface area contributed by atoms with Gasteiger partial charge in [0.05, 0.1) is 27.8 Å². The molecule has 9 aromatic carbocycles. The van der Waals surface area contributed by atoms with Gasteiger partial charge in [0, 0.05) is 61.0 Å². The van der Waals surface area contributed by atoms with E-state index < -0.39 is 0 Å². The highest BCUT2D eigenvalue weighted by Crippen LogP contribution is 2.42. The van der Waals surface area contributed by atoms with Crippen LogP contribution in [0.25, 0.3) is 88.4 Å². The summed E-state index contributed by atoms with van der Waals surface area (Å²) in [6, 6.07) is 68.0. The number of amidine groups is 1. The molecule has 0 radical (unpaired) electrons. The zero-order valence-corrected chi connectivity index (χ0v) is 40.5. The Balaban J connectivity index is 1.20. The van der Waals surface area contributed by atoms with Crippen molar-refractivity contribution in [3.63, 3.8) is 0 Å². The third-order valence-electron chi connectivity index (χ3n) is 13.7. The Kier molecular flexibility index (Phi) is 11.1. The SMILES string of the molecule is Bc1c(B)c(B)c(-c2cc(-c3ccccc3)cc(-n3c4ccccc4c4ccc5c6ccccc6n(/C(I)=N/C(=N\C(=C)c6ccccc6)c6ccc(-c7ccccc7)cc6)c5c43)c2)c(O)c1B. The van der Waals surface area contributed by atoms with E-state index in [1.165, 1.54) is 5.46 Å². The highest BCUT2D eigenvalue weighted by molar-refractivity contribution is 14.1. The monoisotopic (exact) mass is 982 g/mol. The van der Waals surface area contributed by atoms with E-state index in [1.807, 2.05) is 44.2 Å². The highest BCUT2D eigenvalue weighted by atomic mass is 127. The van der Waals surface area contributed by atoms with Crippen LogP contribution in [0, 0.1) is 0 Å². The van der Waals surface area contributed by atoms with E-state index in [0.717, 1.165) is 114 Å². The molecule has 0 aliphatic heterocycles. The number of rotatable bonds is 7. The minimum atomic E-state index is 0.319. The molecule has 0 aliphatic carbocycles. The number of phenolic OH excluding ortho intramolecular Hbond substituents is 1. The number of aromatic hydroxyl groups is 1. The number of phenols is 1. The van der Waals surface area contributed by atoms with Crippen LogP contribution in [0.3, 0.4) is 0 Å². The van der Waals surface area contributed by atoms with Crippen LogP contribution < -0.4 is 21.9 Å². The van der Waals surface area contributed by atoms with Gasteiger partial charge in [0.15, 0.2) is 9.68 Å². The van der Waals surface area contributed by atoms with E-state index in [9.17, 15) is 5.11 Å². The standard InChI is InChI=1S/C58H43B4IN4O/c1-34(35-15-5-2-6-16-35)64-57(39-27-25-38(26-28-39)36-17-7-3-8-18-36)65-58(63)67-48-24-14-12-22-44(48)46-30-29-45-43-21-11-13-23-47(43)66(54(45)55(46)67)42-32-40(37-19-9-4-10-20-37)31-41(33-42)49-50(59)51(60)52(61)53(62)56(49)68/h2-33,68H,1,59-62H2/b64-57-,65-58+. The molecular formula is C58H43B4IN4O. The number of fused-ring (bicyclic) bond motifs is 7. The number of nitrogens with zero attached hydrogens (tertiary/aromatic N) is 4. The van der Waals surface area contributed by atoms with Gasteiger partial charge >= 0.3 is 0 Å². The molecule has 0 aliphatic rings. The zero-order valence-electron chi connectivity index (χ0n) is 38.3. The second kappa shape index (κ2) is 17.6. The van der Waals surface area contributed by atoms with Gasteiger partial charge in [-0.25, -0.2) is 9.98 Å². The van der Waals surface area contributed by atoms with E-state index in [4.69, 9.17) is 9.98 Å². The first-order chi connectivity index (χ1) is 33.2. The van der Waals surface area contributed by atoms with Crippen LogP contribution in [0.4, 0.5) is 0 Å². The van der Waals surface area contributed by atoms with Gasteiger partial charge in [-0.1, -0.05) is 187 Å². The number of para-hydroxylation sites is 2. The van der Waals surface area contributed by atoms with Crippen molar-refractivity contribution in [2.24, 2.45) is 9.98 Å². The van der Waals surface area contributed by atoms with E-state index in [1.54, 1.807) is 0 Å². The smallest absolute Gasteiger partial charge is 0.178 e. The van der Waals surface area contributed by atoms with Crippen molar-refractivity contribution in [1.82, 2.24) is 9.13 Å². The van der Waals surface area contributed by atoms with Gasteiger partial charge in [0.2, 0.25) is 0 Å². The molecule has 1 N–H and O–H groups in total. The lowest BCUT2D eigenvalue weighted by Crippen LogP contribution is -2.48. The Morgan fingerprint density at radius 1 is 0.456 bits per heavy atom. The summed E-state index contributed by atoms with van der Waals surface area (Å²) in [6.07, 6.45) is 0. The summed E-state index contributed by atoms with van der Waals surface area (Å²) >= 11 is 2.40. The molecule has 10 heteroatoms. The molecule has 0 amide bonds. The van der Waals surface area contributed by atoms with Crippen LogP contribution in [0.15, 0.2) is 211 Å². The lowest BCUT2D eigenvalue weighted by atomic mass is 9.64. The fraction of sp³-hybridized carbons (Fsp3) is 0. The average molecular weight is 982 g/mol. The maximum absolute atomic E-state index is 12.0. The Morgan fingerprint density at radius 2 is 0.971 bits per heavy atom. The van der Waals surface area contributed by atoms with Gasteiger partial charge in [-0.3, -0.25) is 4.57 Å². The first-order valence-corrected chi connectivity index (χ1v) is 23.9. The lowest BCUT2D eigenvalue weighted by Gasteiger charge is -2.20. The van der Waals surface area contributed by atoms with E-state index in [2.05, 4.69) is 220 Å². The molecule has 5 nitrogen and oxygen atoms in total. The maximum Gasteiger partial charge on any atom is 0.178 e. The van der Waals surface area contributed by atoms with Gasteiger partial charge in [-0.15, -0.1) is 5.46 Å². The summed E-state index contributed by atoms with van der Waals surface area (Å²) < 4.78 is 5.44. The van der Waals surface area contributed by atoms with Gasteiger partial charge in [0.1, 0.15) is 37.1 Å². The van der Waals surface area contributed by atoms with Gasteiger partial charge in [-0.05, 0) is 63.7 Å². The maximum atomic E-state index is 12.0. The number of aromatic nitrogens is 2. The Bertz CT molecular complexity index is 3830. The number of hydrogen-bond donors (Lipinski definition) is 1. The molecule has 11 aromatic rings. The Hall–Kier alpha value is -7.55. The molecule has 0 atom stereocenters. The molecule has 0 saturated heterocycles. The summed E-state index contributed by atoms with van der Waals surface area (Å²) in [5.41, 5.74) is 18.1. The molecule has 320 valence electrons. The number of benzene rings is 9. The van der Waals surface area contributed by atoms with Crippen molar-refractivity contribution >= 4 is 135 Å². The minimum Gasteiger partial charge on any atom is -0.508 e. The summed E-state index contributed by atoms with van der Waals surface area (Å²) in [5.74, 6) is 0.875. The van der Waals surface area contributed by atoms with Crippen LogP contribution in [0.5, 0.6) is 5.75 Å². The molecule has 68 heavy (non-hydrogen) atoms. The summed E-state index contributed by atoms with van der Waals surface area (Å²) in [6.45, 7) is 4.43. The molecule has 2 heterocycles. The quantitative estimate of drug-likeness (QED) is 0.0743. The van der Waals surface area contributed by atoms with Gasteiger partial charge < -0.3 is 9.67 Å². The molecule has 11 rings (SSSR count). The Morgan fingerprint density at radius 3 is 1.63 bits per heavy atom. The molecule has 0 spiro atoms. The van der Waals surface area contributed by atoms with Crippen molar-refractivity contribution in [2.75, 3.05) is 0 Å². The topological polar surface area (TPSA) is 54.8 Å². The fourth-order valence-electron chi connectivity index (χ4n) is 9.85. The second-order valence-corrected chi connectivity index (χ2v) is 18.5. The first kappa shape index (κ1) is 43.0. The van der Waals surface area contributed by atoms with Crippen molar-refractivity contribution in [3.8, 4) is 44.8 Å². The molecule has 0 saturated carbocycles. The van der Waals surface area contributed by atoms with Crippen LogP contribution >= 0.6 is 22.6 Å². The second-order valence-electron chi connectivity index (χ2n) is 17.5. The highest BCUT2D eigenvalue weighted by Gasteiger charge is 2.24. The van der Waals surface area contributed by atoms with Gasteiger partial charge in [0.25, 0.3) is 0 Å². The largest absolute Gasteiger partial charge is 0.508 e. The molecule has 0 bridgehead atoms.